The molecule has 1 heterocycles. The first-order valence-corrected chi connectivity index (χ1v) is 6.74. The van der Waals surface area contributed by atoms with Crippen LogP contribution in [0.3, 0.4) is 0 Å². The highest BCUT2D eigenvalue weighted by Gasteiger charge is 2.25. The van der Waals surface area contributed by atoms with Crippen LogP contribution in [0.1, 0.15) is 17.3 Å². The lowest BCUT2D eigenvalue weighted by atomic mass is 10.1. The van der Waals surface area contributed by atoms with E-state index in [9.17, 15) is 4.79 Å². The van der Waals surface area contributed by atoms with Crippen LogP contribution in [0.5, 0.6) is 0 Å². The van der Waals surface area contributed by atoms with Crippen molar-refractivity contribution < 1.29 is 4.79 Å². The molecule has 0 saturated carbocycles. The highest BCUT2D eigenvalue weighted by molar-refractivity contribution is 9.10. The lowest BCUT2D eigenvalue weighted by Crippen LogP contribution is -2.52. The van der Waals surface area contributed by atoms with Gasteiger partial charge < -0.3 is 10.2 Å². The van der Waals surface area contributed by atoms with Gasteiger partial charge in [-0.05, 0) is 35.0 Å². The Morgan fingerprint density at radius 3 is 2.94 bits per heavy atom. The molecule has 1 amide bonds. The standard InChI is InChI=1S/C12H14BrClN2O.ClH/c1-8-7-15-5-6-16(8)12(17)9-3-2-4-10(13)11(9)14;/h2-4,8,15H,5-7H2,1H3;1H. The Kier molecular flexibility index (Phi) is 5.92. The minimum Gasteiger partial charge on any atom is -0.333 e. The summed E-state index contributed by atoms with van der Waals surface area (Å²) in [5.41, 5.74) is 0.565. The van der Waals surface area contributed by atoms with E-state index in [4.69, 9.17) is 11.6 Å². The summed E-state index contributed by atoms with van der Waals surface area (Å²) in [5, 5.41) is 3.75. The summed E-state index contributed by atoms with van der Waals surface area (Å²) in [5.74, 6) is 0.00491. The summed E-state index contributed by atoms with van der Waals surface area (Å²) in [7, 11) is 0. The van der Waals surface area contributed by atoms with Crippen molar-refractivity contribution >= 4 is 45.8 Å². The van der Waals surface area contributed by atoms with E-state index < -0.39 is 0 Å². The Balaban J connectivity index is 0.00000162. The number of carbonyl (C=O) groups excluding carboxylic acids is 1. The number of halogens is 3. The average Bonchev–Trinajstić information content (AvgIpc) is 2.32. The SMILES string of the molecule is CC1CNCCN1C(=O)c1cccc(Br)c1Cl.Cl. The maximum atomic E-state index is 12.4. The average molecular weight is 354 g/mol. The van der Waals surface area contributed by atoms with Crippen molar-refractivity contribution in [3.63, 3.8) is 0 Å². The second-order valence-electron chi connectivity index (χ2n) is 4.15. The third kappa shape index (κ3) is 3.18. The van der Waals surface area contributed by atoms with Gasteiger partial charge in [0.1, 0.15) is 0 Å². The van der Waals surface area contributed by atoms with Crippen molar-refractivity contribution in [3.8, 4) is 0 Å². The molecule has 1 fully saturated rings. The van der Waals surface area contributed by atoms with Gasteiger partial charge in [0.15, 0.2) is 0 Å². The first-order chi connectivity index (χ1) is 8.11. The molecule has 1 unspecified atom stereocenters. The zero-order valence-corrected chi connectivity index (χ0v) is 13.1. The van der Waals surface area contributed by atoms with E-state index in [1.807, 2.05) is 24.0 Å². The number of benzene rings is 1. The van der Waals surface area contributed by atoms with E-state index in [0.29, 0.717) is 10.6 Å². The quantitative estimate of drug-likeness (QED) is 0.841. The van der Waals surface area contributed by atoms with E-state index in [1.54, 1.807) is 6.07 Å². The van der Waals surface area contributed by atoms with Gasteiger partial charge in [-0.3, -0.25) is 4.79 Å². The summed E-state index contributed by atoms with van der Waals surface area (Å²) >= 11 is 9.48. The second kappa shape index (κ2) is 6.75. The van der Waals surface area contributed by atoms with E-state index in [0.717, 1.165) is 24.1 Å². The number of carbonyl (C=O) groups is 1. The van der Waals surface area contributed by atoms with Gasteiger partial charge in [0.2, 0.25) is 0 Å². The van der Waals surface area contributed by atoms with E-state index >= 15 is 0 Å². The van der Waals surface area contributed by atoms with Gasteiger partial charge in [-0.15, -0.1) is 12.4 Å². The van der Waals surface area contributed by atoms with Crippen molar-refractivity contribution in [2.75, 3.05) is 19.6 Å². The number of amides is 1. The molecule has 0 aromatic heterocycles. The second-order valence-corrected chi connectivity index (χ2v) is 5.39. The molecule has 1 atom stereocenters. The van der Waals surface area contributed by atoms with Crippen LogP contribution < -0.4 is 5.32 Å². The molecule has 1 aliphatic rings. The number of rotatable bonds is 1. The molecule has 1 N–H and O–H groups in total. The molecule has 1 aromatic carbocycles. The summed E-state index contributed by atoms with van der Waals surface area (Å²) in [6, 6.07) is 5.63. The van der Waals surface area contributed by atoms with Crippen molar-refractivity contribution in [1.82, 2.24) is 10.2 Å². The lowest BCUT2D eigenvalue weighted by molar-refractivity contribution is 0.0656. The molecular formula is C12H15BrCl2N2O. The van der Waals surface area contributed by atoms with Crippen molar-refractivity contribution in [1.29, 1.82) is 0 Å². The molecule has 0 radical (unpaired) electrons. The summed E-state index contributed by atoms with van der Waals surface area (Å²) in [6.07, 6.45) is 0. The fourth-order valence-electron chi connectivity index (χ4n) is 1.97. The van der Waals surface area contributed by atoms with Crippen molar-refractivity contribution in [3.05, 3.63) is 33.3 Å². The maximum absolute atomic E-state index is 12.4. The molecule has 0 bridgehead atoms. The Morgan fingerprint density at radius 2 is 2.28 bits per heavy atom. The highest BCUT2D eigenvalue weighted by Crippen LogP contribution is 2.27. The van der Waals surface area contributed by atoms with Crippen LogP contribution in [0.2, 0.25) is 5.02 Å². The fourth-order valence-corrected chi connectivity index (χ4v) is 2.54. The Hall–Kier alpha value is -0.290. The Labute approximate surface area is 126 Å². The molecule has 1 aromatic rings. The van der Waals surface area contributed by atoms with Crippen LogP contribution in [0.25, 0.3) is 0 Å². The Morgan fingerprint density at radius 1 is 1.56 bits per heavy atom. The monoisotopic (exact) mass is 352 g/mol. The third-order valence-electron chi connectivity index (χ3n) is 2.94. The predicted molar refractivity (Wildman–Crippen MR) is 79.8 cm³/mol. The van der Waals surface area contributed by atoms with E-state index in [2.05, 4.69) is 21.2 Å². The van der Waals surface area contributed by atoms with Gasteiger partial charge in [0, 0.05) is 30.1 Å². The van der Waals surface area contributed by atoms with Gasteiger partial charge in [-0.25, -0.2) is 0 Å². The zero-order chi connectivity index (χ0) is 12.4. The highest BCUT2D eigenvalue weighted by atomic mass is 79.9. The molecular weight excluding hydrogens is 339 g/mol. The molecule has 1 saturated heterocycles. The number of hydrogen-bond donors (Lipinski definition) is 1. The van der Waals surface area contributed by atoms with E-state index in [-0.39, 0.29) is 24.4 Å². The number of hydrogen-bond acceptors (Lipinski definition) is 2. The first kappa shape index (κ1) is 15.8. The largest absolute Gasteiger partial charge is 0.333 e. The van der Waals surface area contributed by atoms with Gasteiger partial charge in [-0.1, -0.05) is 17.7 Å². The van der Waals surface area contributed by atoms with Crippen LogP contribution in [0, 0.1) is 0 Å². The van der Waals surface area contributed by atoms with Crippen LogP contribution in [0.4, 0.5) is 0 Å². The molecule has 18 heavy (non-hydrogen) atoms. The normalized spacial score (nSPS) is 19.3. The zero-order valence-electron chi connectivity index (χ0n) is 9.95. The Bertz CT molecular complexity index is 442. The molecule has 2 rings (SSSR count). The third-order valence-corrected chi connectivity index (χ3v) is 4.24. The fraction of sp³-hybridized carbons (Fsp3) is 0.417. The molecule has 0 aliphatic carbocycles. The predicted octanol–water partition coefficient (Wildman–Crippen LogP) is 2.96. The molecule has 1 aliphatic heterocycles. The smallest absolute Gasteiger partial charge is 0.255 e. The first-order valence-electron chi connectivity index (χ1n) is 5.57. The maximum Gasteiger partial charge on any atom is 0.255 e. The van der Waals surface area contributed by atoms with Crippen LogP contribution in [0.15, 0.2) is 22.7 Å². The summed E-state index contributed by atoms with van der Waals surface area (Å²) < 4.78 is 0.757. The van der Waals surface area contributed by atoms with Crippen LogP contribution in [-0.2, 0) is 0 Å². The molecule has 3 nitrogen and oxygen atoms in total. The lowest BCUT2D eigenvalue weighted by Gasteiger charge is -2.34. The summed E-state index contributed by atoms with van der Waals surface area (Å²) in [4.78, 5) is 14.2. The number of nitrogens with zero attached hydrogens (tertiary/aromatic N) is 1. The number of piperazine rings is 1. The van der Waals surface area contributed by atoms with Gasteiger partial charge in [0.05, 0.1) is 10.6 Å². The topological polar surface area (TPSA) is 32.3 Å². The molecule has 0 spiro atoms. The number of nitrogens with one attached hydrogen (secondary N) is 1. The van der Waals surface area contributed by atoms with Crippen LogP contribution in [-0.4, -0.2) is 36.5 Å². The molecule has 6 heteroatoms. The molecule has 100 valence electrons. The summed E-state index contributed by atoms with van der Waals surface area (Å²) in [6.45, 7) is 4.43. The van der Waals surface area contributed by atoms with Gasteiger partial charge >= 0.3 is 0 Å². The van der Waals surface area contributed by atoms with E-state index in [1.165, 1.54) is 0 Å². The minimum absolute atomic E-state index is 0. The minimum atomic E-state index is 0. The van der Waals surface area contributed by atoms with Gasteiger partial charge in [-0.2, -0.15) is 0 Å². The van der Waals surface area contributed by atoms with Gasteiger partial charge in [0.25, 0.3) is 5.91 Å². The van der Waals surface area contributed by atoms with Crippen molar-refractivity contribution in [2.24, 2.45) is 0 Å². The van der Waals surface area contributed by atoms with Crippen LogP contribution >= 0.6 is 39.9 Å². The van der Waals surface area contributed by atoms with Crippen molar-refractivity contribution in [2.45, 2.75) is 13.0 Å².